The van der Waals surface area contributed by atoms with Gasteiger partial charge in [-0.1, -0.05) is 12.1 Å². The van der Waals surface area contributed by atoms with Gasteiger partial charge in [-0.15, -0.1) is 0 Å². The van der Waals surface area contributed by atoms with Gasteiger partial charge in [0.05, 0.1) is 19.8 Å². The summed E-state index contributed by atoms with van der Waals surface area (Å²) < 4.78 is 5.40. The lowest BCUT2D eigenvalue weighted by molar-refractivity contribution is -0.117. The van der Waals surface area contributed by atoms with Crippen LogP contribution >= 0.6 is 0 Å². The van der Waals surface area contributed by atoms with Gasteiger partial charge in [0.1, 0.15) is 0 Å². The summed E-state index contributed by atoms with van der Waals surface area (Å²) in [7, 11) is 0. The number of ether oxygens (including phenoxy) is 1. The number of hydrogen-bond donors (Lipinski definition) is 2. The van der Waals surface area contributed by atoms with E-state index in [4.69, 9.17) is 10.5 Å². The maximum Gasteiger partial charge on any atom is 0.251 e. The van der Waals surface area contributed by atoms with Crippen molar-refractivity contribution in [3.8, 4) is 0 Å². The second kappa shape index (κ2) is 6.68. The van der Waals surface area contributed by atoms with Gasteiger partial charge < -0.3 is 15.8 Å². The molecule has 23 heavy (non-hydrogen) atoms. The molecule has 3 rings (SSSR count). The van der Waals surface area contributed by atoms with E-state index in [0.717, 1.165) is 32.8 Å². The number of morpholine rings is 1. The Balaban J connectivity index is 1.62. The van der Waals surface area contributed by atoms with Gasteiger partial charge in [0.25, 0.3) is 5.91 Å². The highest BCUT2D eigenvalue weighted by molar-refractivity contribution is 5.96. The molecule has 0 aromatic heterocycles. The molecule has 0 bridgehead atoms. The van der Waals surface area contributed by atoms with Crippen molar-refractivity contribution in [3.63, 3.8) is 0 Å². The first-order chi connectivity index (χ1) is 11.1. The van der Waals surface area contributed by atoms with Gasteiger partial charge in [-0.25, -0.2) is 0 Å². The maximum atomic E-state index is 11.9. The highest BCUT2D eigenvalue weighted by atomic mass is 16.5. The summed E-state index contributed by atoms with van der Waals surface area (Å²) in [6.07, 6.45) is 2.38. The van der Waals surface area contributed by atoms with Gasteiger partial charge in [0.2, 0.25) is 5.91 Å². The van der Waals surface area contributed by atoms with E-state index in [9.17, 15) is 9.59 Å². The number of benzene rings is 1. The monoisotopic (exact) mass is 317 g/mol. The lowest BCUT2D eigenvalue weighted by Gasteiger charge is -2.30. The Morgan fingerprint density at radius 2 is 1.83 bits per heavy atom. The van der Waals surface area contributed by atoms with E-state index in [2.05, 4.69) is 10.2 Å². The van der Waals surface area contributed by atoms with Gasteiger partial charge in [-0.05, 0) is 30.5 Å². The molecule has 2 fully saturated rings. The summed E-state index contributed by atoms with van der Waals surface area (Å²) in [5.74, 6) is -0.814. The van der Waals surface area contributed by atoms with Crippen LogP contribution in [0.2, 0.25) is 0 Å². The van der Waals surface area contributed by atoms with Crippen LogP contribution in [-0.4, -0.2) is 56.1 Å². The van der Waals surface area contributed by atoms with Crippen LogP contribution in [0.3, 0.4) is 0 Å². The van der Waals surface area contributed by atoms with Gasteiger partial charge in [-0.3, -0.25) is 14.5 Å². The minimum absolute atomic E-state index is 0.137. The Morgan fingerprint density at radius 1 is 1.17 bits per heavy atom. The molecule has 0 spiro atoms. The summed E-state index contributed by atoms with van der Waals surface area (Å²) in [6.45, 7) is 4.54. The molecule has 3 N–H and O–H groups in total. The van der Waals surface area contributed by atoms with E-state index in [1.54, 1.807) is 0 Å². The fourth-order valence-electron chi connectivity index (χ4n) is 3.12. The van der Waals surface area contributed by atoms with Crippen LogP contribution in [0.25, 0.3) is 0 Å². The van der Waals surface area contributed by atoms with Crippen molar-refractivity contribution in [1.82, 2.24) is 10.2 Å². The molecule has 1 aromatic rings. The van der Waals surface area contributed by atoms with E-state index in [1.807, 2.05) is 24.3 Å². The number of primary amides is 1. The smallest absolute Gasteiger partial charge is 0.251 e. The fourth-order valence-corrected chi connectivity index (χ4v) is 3.12. The van der Waals surface area contributed by atoms with Gasteiger partial charge in [0.15, 0.2) is 0 Å². The highest BCUT2D eigenvalue weighted by Crippen LogP contribution is 2.48. The maximum absolute atomic E-state index is 11.9. The predicted octanol–water partition coefficient (Wildman–Crippen LogP) is 0.265. The van der Waals surface area contributed by atoms with E-state index in [0.29, 0.717) is 5.56 Å². The zero-order valence-corrected chi connectivity index (χ0v) is 13.2. The van der Waals surface area contributed by atoms with Crippen LogP contribution in [0.15, 0.2) is 24.3 Å². The average molecular weight is 317 g/mol. The van der Waals surface area contributed by atoms with Crippen LogP contribution in [-0.2, 0) is 14.9 Å². The van der Waals surface area contributed by atoms with E-state index in [-0.39, 0.29) is 17.9 Å². The first-order valence-corrected chi connectivity index (χ1v) is 8.06. The van der Waals surface area contributed by atoms with Crippen molar-refractivity contribution in [1.29, 1.82) is 0 Å². The molecule has 1 heterocycles. The minimum Gasteiger partial charge on any atom is -0.379 e. The number of nitrogens with two attached hydrogens (primary N) is 1. The second-order valence-electron chi connectivity index (χ2n) is 6.40. The van der Waals surface area contributed by atoms with Crippen molar-refractivity contribution < 1.29 is 14.3 Å². The molecule has 124 valence electrons. The first-order valence-electron chi connectivity index (χ1n) is 8.06. The van der Waals surface area contributed by atoms with Crippen molar-refractivity contribution >= 4 is 11.8 Å². The SMILES string of the molecule is NC(=O)CNC(=O)c1ccc(C2(CN3CCOCC3)CC2)cc1. The van der Waals surface area contributed by atoms with Gasteiger partial charge in [0, 0.05) is 30.6 Å². The molecule has 6 nitrogen and oxygen atoms in total. The van der Waals surface area contributed by atoms with Crippen molar-refractivity contribution in [2.45, 2.75) is 18.3 Å². The van der Waals surface area contributed by atoms with Crippen molar-refractivity contribution in [2.24, 2.45) is 5.73 Å². The molecule has 0 radical (unpaired) electrons. The molecule has 6 heteroatoms. The summed E-state index contributed by atoms with van der Waals surface area (Å²) in [5.41, 5.74) is 7.11. The molecule has 1 aromatic carbocycles. The summed E-state index contributed by atoms with van der Waals surface area (Å²) in [4.78, 5) is 25.1. The molecular weight excluding hydrogens is 294 g/mol. The fraction of sp³-hybridized carbons (Fsp3) is 0.529. The molecule has 1 aliphatic heterocycles. The van der Waals surface area contributed by atoms with E-state index >= 15 is 0 Å². The highest BCUT2D eigenvalue weighted by Gasteiger charge is 2.45. The van der Waals surface area contributed by atoms with Gasteiger partial charge >= 0.3 is 0 Å². The molecule has 1 saturated carbocycles. The lowest BCUT2D eigenvalue weighted by Crippen LogP contribution is -2.41. The number of hydrogen-bond acceptors (Lipinski definition) is 4. The molecule has 1 saturated heterocycles. The third-order valence-corrected chi connectivity index (χ3v) is 4.67. The average Bonchev–Trinajstić information content (AvgIpc) is 3.34. The van der Waals surface area contributed by atoms with E-state index in [1.165, 1.54) is 18.4 Å². The Bertz CT molecular complexity index is 575. The largest absolute Gasteiger partial charge is 0.379 e. The lowest BCUT2D eigenvalue weighted by atomic mass is 9.94. The predicted molar refractivity (Wildman–Crippen MR) is 86.1 cm³/mol. The Kier molecular flexibility index (Phi) is 4.63. The second-order valence-corrected chi connectivity index (χ2v) is 6.40. The number of amides is 2. The van der Waals surface area contributed by atoms with Crippen LogP contribution < -0.4 is 11.1 Å². The first kappa shape index (κ1) is 16.0. The number of nitrogens with zero attached hydrogens (tertiary/aromatic N) is 1. The third-order valence-electron chi connectivity index (χ3n) is 4.67. The quantitative estimate of drug-likeness (QED) is 0.788. The summed E-state index contributed by atoms with van der Waals surface area (Å²) in [5, 5.41) is 2.50. The summed E-state index contributed by atoms with van der Waals surface area (Å²) in [6, 6.07) is 7.72. The van der Waals surface area contributed by atoms with Crippen LogP contribution in [0.1, 0.15) is 28.8 Å². The Morgan fingerprint density at radius 3 is 2.39 bits per heavy atom. The zero-order chi connectivity index (χ0) is 16.3. The molecule has 2 amide bonds. The van der Waals surface area contributed by atoms with Crippen LogP contribution in [0, 0.1) is 0 Å². The van der Waals surface area contributed by atoms with Crippen molar-refractivity contribution in [3.05, 3.63) is 35.4 Å². The normalized spacial score (nSPS) is 20.0. The number of rotatable bonds is 6. The molecule has 1 aliphatic carbocycles. The Hall–Kier alpha value is -1.92. The zero-order valence-electron chi connectivity index (χ0n) is 13.2. The van der Waals surface area contributed by atoms with Gasteiger partial charge in [-0.2, -0.15) is 0 Å². The van der Waals surface area contributed by atoms with E-state index < -0.39 is 5.91 Å². The topological polar surface area (TPSA) is 84.7 Å². The molecule has 0 atom stereocenters. The molecule has 2 aliphatic rings. The Labute approximate surface area is 136 Å². The number of carbonyl (C=O) groups is 2. The molecule has 0 unspecified atom stereocenters. The van der Waals surface area contributed by atoms with Crippen LogP contribution in [0.4, 0.5) is 0 Å². The van der Waals surface area contributed by atoms with Crippen LogP contribution in [0.5, 0.6) is 0 Å². The number of carbonyl (C=O) groups excluding carboxylic acids is 2. The third kappa shape index (κ3) is 3.89. The summed E-state index contributed by atoms with van der Waals surface area (Å²) >= 11 is 0. The number of nitrogens with one attached hydrogen (secondary N) is 1. The standard InChI is InChI=1S/C17H23N3O3/c18-15(21)11-19-16(22)13-1-3-14(4-2-13)17(5-6-17)12-20-7-9-23-10-8-20/h1-4H,5-12H2,(H2,18,21)(H,19,22). The molecular formula is C17H23N3O3. The van der Waals surface area contributed by atoms with Crippen molar-refractivity contribution in [2.75, 3.05) is 39.4 Å². The minimum atomic E-state index is -0.544.